The number of hydrogen-bond acceptors (Lipinski definition) is 5. The van der Waals surface area contributed by atoms with Crippen LogP contribution >= 0.6 is 0 Å². The molecule has 1 N–H and O–H groups in total. The Morgan fingerprint density at radius 2 is 1.77 bits per heavy atom. The molecular formula is C24H40F2N2O3. The van der Waals surface area contributed by atoms with Gasteiger partial charge in [-0.05, 0) is 69.7 Å². The summed E-state index contributed by atoms with van der Waals surface area (Å²) in [6, 6.07) is 0.297. The molecule has 7 heteroatoms. The van der Waals surface area contributed by atoms with Gasteiger partial charge in [0, 0.05) is 26.1 Å². The number of nitrogens with one attached hydrogen (secondary N) is 1. The fourth-order valence-corrected chi connectivity index (χ4v) is 7.11. The Morgan fingerprint density at radius 1 is 0.935 bits per heavy atom. The fraction of sp³-hybridized carbons (Fsp3) is 1.00. The highest BCUT2D eigenvalue weighted by molar-refractivity contribution is 5.05. The third-order valence-electron chi connectivity index (χ3n) is 8.73. The largest absolute Gasteiger partial charge is 0.378 e. The summed E-state index contributed by atoms with van der Waals surface area (Å²) in [6.07, 6.45) is 5.20. The van der Waals surface area contributed by atoms with Gasteiger partial charge in [-0.25, -0.2) is 8.78 Å². The Labute approximate surface area is 185 Å². The van der Waals surface area contributed by atoms with Crippen LogP contribution in [0.2, 0.25) is 0 Å². The highest BCUT2D eigenvalue weighted by Crippen LogP contribution is 2.42. The van der Waals surface area contributed by atoms with Crippen LogP contribution in [0, 0.1) is 11.8 Å². The van der Waals surface area contributed by atoms with E-state index >= 15 is 0 Å². The van der Waals surface area contributed by atoms with Crippen molar-refractivity contribution in [2.75, 3.05) is 46.1 Å². The first-order valence-corrected chi connectivity index (χ1v) is 12.7. The second kappa shape index (κ2) is 9.88. The van der Waals surface area contributed by atoms with Crippen molar-refractivity contribution in [3.05, 3.63) is 0 Å². The molecule has 0 radical (unpaired) electrons. The van der Waals surface area contributed by atoms with Gasteiger partial charge in [0.1, 0.15) is 12.3 Å². The summed E-state index contributed by atoms with van der Waals surface area (Å²) in [6.45, 7) is 5.69. The minimum atomic E-state index is -1.18. The van der Waals surface area contributed by atoms with Crippen LogP contribution in [0.15, 0.2) is 0 Å². The highest BCUT2D eigenvalue weighted by Gasteiger charge is 2.47. The van der Waals surface area contributed by atoms with Crippen molar-refractivity contribution in [3.8, 4) is 0 Å². The quantitative estimate of drug-likeness (QED) is 0.624. The maximum absolute atomic E-state index is 14.9. The molecule has 0 aromatic heterocycles. The zero-order valence-corrected chi connectivity index (χ0v) is 18.8. The molecule has 2 aliphatic carbocycles. The van der Waals surface area contributed by atoms with Gasteiger partial charge in [-0.1, -0.05) is 0 Å². The first kappa shape index (κ1) is 22.5. The van der Waals surface area contributed by atoms with E-state index in [0.717, 1.165) is 84.4 Å². The lowest BCUT2D eigenvalue weighted by atomic mass is 9.70. The number of rotatable bonds is 0. The van der Waals surface area contributed by atoms with Crippen molar-refractivity contribution in [1.29, 1.82) is 0 Å². The van der Waals surface area contributed by atoms with E-state index in [-0.39, 0.29) is 24.0 Å². The molecule has 6 rings (SSSR count). The van der Waals surface area contributed by atoms with Crippen LogP contribution < -0.4 is 5.32 Å². The summed E-state index contributed by atoms with van der Waals surface area (Å²) in [5.41, 5.74) is -0.0275. The monoisotopic (exact) mass is 442 g/mol. The van der Waals surface area contributed by atoms with Gasteiger partial charge >= 0.3 is 0 Å². The predicted octanol–water partition coefficient (Wildman–Crippen LogP) is 3.26. The summed E-state index contributed by atoms with van der Waals surface area (Å²) in [5, 5.41) is 3.80. The smallest absolute Gasteiger partial charge is 0.129 e. The number of alkyl halides is 2. The van der Waals surface area contributed by atoms with Gasteiger partial charge in [-0.15, -0.1) is 0 Å². The molecule has 4 aliphatic heterocycles. The maximum Gasteiger partial charge on any atom is 0.129 e. The molecule has 2 saturated carbocycles. The Balaban J connectivity index is 1.32. The van der Waals surface area contributed by atoms with Crippen LogP contribution in [-0.2, 0) is 14.2 Å². The van der Waals surface area contributed by atoms with Gasteiger partial charge in [0.05, 0.1) is 43.6 Å². The number of fused-ring (bicyclic) bond motifs is 6. The first-order valence-electron chi connectivity index (χ1n) is 12.7. The second-order valence-electron chi connectivity index (χ2n) is 10.6. The normalized spacial score (nSPS) is 48.0. The third kappa shape index (κ3) is 4.81. The molecule has 4 saturated heterocycles. The zero-order chi connectivity index (χ0) is 21.3. The Hall–Kier alpha value is -0.340. The summed E-state index contributed by atoms with van der Waals surface area (Å²) in [4.78, 5) is 2.55. The van der Waals surface area contributed by atoms with Crippen molar-refractivity contribution >= 4 is 0 Å². The zero-order valence-electron chi connectivity index (χ0n) is 18.8. The van der Waals surface area contributed by atoms with Crippen molar-refractivity contribution in [2.24, 2.45) is 11.8 Å². The van der Waals surface area contributed by atoms with E-state index in [2.05, 4.69) is 10.2 Å². The number of ether oxygens (including phenoxy) is 3. The van der Waals surface area contributed by atoms with E-state index in [4.69, 9.17) is 14.2 Å². The molecule has 1 spiro atoms. The number of nitrogens with zero attached hydrogens (tertiary/aromatic N) is 1. The summed E-state index contributed by atoms with van der Waals surface area (Å²) < 4.78 is 47.7. The van der Waals surface area contributed by atoms with Gasteiger partial charge in [0.25, 0.3) is 0 Å². The summed E-state index contributed by atoms with van der Waals surface area (Å²) >= 11 is 0. The summed E-state index contributed by atoms with van der Waals surface area (Å²) in [7, 11) is 0. The average Bonchev–Trinajstić information content (AvgIpc) is 2.78. The van der Waals surface area contributed by atoms with Gasteiger partial charge < -0.3 is 19.5 Å². The van der Waals surface area contributed by atoms with Crippen molar-refractivity contribution in [2.45, 2.75) is 93.9 Å². The minimum Gasteiger partial charge on any atom is -0.378 e. The van der Waals surface area contributed by atoms with Crippen LogP contribution in [0.1, 0.15) is 57.8 Å². The Kier molecular flexibility index (Phi) is 7.15. The van der Waals surface area contributed by atoms with Gasteiger partial charge in [-0.3, -0.25) is 4.90 Å². The molecule has 2 bridgehead atoms. The SMILES string of the molecule is FC1CC(F)C2OCCCN3CCC[C@]4(COCCN4)[C@H]3COC3CCC(CC3)C2C1. The first-order chi connectivity index (χ1) is 15.1. The molecule has 4 unspecified atom stereocenters. The topological polar surface area (TPSA) is 43.0 Å². The van der Waals surface area contributed by atoms with E-state index in [1.807, 2.05) is 0 Å². The maximum atomic E-state index is 14.9. The average molecular weight is 443 g/mol. The summed E-state index contributed by atoms with van der Waals surface area (Å²) in [5.74, 6) is 0.368. The molecule has 0 aromatic carbocycles. The minimum absolute atomic E-state index is 0.00200. The van der Waals surface area contributed by atoms with Crippen LogP contribution in [0.5, 0.6) is 0 Å². The standard InChI is InChI=1S/C24H40F2N2O3/c25-18-13-20-17-3-5-19(6-4-17)31-15-22-24(16-29-12-8-27-24)7-1-9-28(22)10-2-11-30-23(20)21(26)14-18/h17-23,27H,1-16H2/t17?,18?,19?,20?,21?,22-,23?,24+/m1/s1. The number of morpholine rings is 1. The van der Waals surface area contributed by atoms with Crippen molar-refractivity contribution < 1.29 is 23.0 Å². The Bertz CT molecular complexity index is 578. The lowest BCUT2D eigenvalue weighted by Gasteiger charge is -2.52. The number of halogens is 2. The van der Waals surface area contributed by atoms with Crippen LogP contribution in [0.3, 0.4) is 0 Å². The van der Waals surface area contributed by atoms with E-state index in [9.17, 15) is 8.78 Å². The number of hydrogen-bond donors (Lipinski definition) is 1. The molecule has 4 heterocycles. The third-order valence-corrected chi connectivity index (χ3v) is 8.73. The van der Waals surface area contributed by atoms with E-state index in [1.54, 1.807) is 0 Å². The molecule has 0 aromatic rings. The molecule has 5 nitrogen and oxygen atoms in total. The molecular weight excluding hydrogens is 402 g/mol. The number of piperidine rings is 1. The lowest BCUT2D eigenvalue weighted by Crippen LogP contribution is -2.70. The Morgan fingerprint density at radius 3 is 2.58 bits per heavy atom. The highest BCUT2D eigenvalue weighted by atomic mass is 19.1. The second-order valence-corrected chi connectivity index (χ2v) is 10.6. The van der Waals surface area contributed by atoms with Crippen LogP contribution in [0.25, 0.3) is 0 Å². The predicted molar refractivity (Wildman–Crippen MR) is 115 cm³/mol. The van der Waals surface area contributed by atoms with Gasteiger partial charge in [0.15, 0.2) is 0 Å². The molecule has 6 aliphatic rings. The molecule has 6 fully saturated rings. The molecule has 178 valence electrons. The van der Waals surface area contributed by atoms with Crippen LogP contribution in [0.4, 0.5) is 8.78 Å². The van der Waals surface area contributed by atoms with E-state index in [1.165, 1.54) is 0 Å². The van der Waals surface area contributed by atoms with Gasteiger partial charge in [-0.2, -0.15) is 0 Å². The van der Waals surface area contributed by atoms with Crippen molar-refractivity contribution in [3.63, 3.8) is 0 Å². The molecule has 0 amide bonds. The van der Waals surface area contributed by atoms with E-state index in [0.29, 0.717) is 25.0 Å². The van der Waals surface area contributed by atoms with Crippen LogP contribution in [-0.4, -0.2) is 87.1 Å². The van der Waals surface area contributed by atoms with Crippen molar-refractivity contribution in [1.82, 2.24) is 10.2 Å². The van der Waals surface area contributed by atoms with Gasteiger partial charge in [0.2, 0.25) is 0 Å². The lowest BCUT2D eigenvalue weighted by molar-refractivity contribution is -0.119. The molecule has 6 atom stereocenters. The molecule has 31 heavy (non-hydrogen) atoms. The fourth-order valence-electron chi connectivity index (χ4n) is 7.11. The van der Waals surface area contributed by atoms with E-state index < -0.39 is 18.4 Å².